The Labute approximate surface area is 154 Å². The number of nitrogens with zero attached hydrogens (tertiary/aromatic N) is 1. The molecule has 3 amide bonds. The van der Waals surface area contributed by atoms with E-state index in [0.717, 1.165) is 21.4 Å². The zero-order valence-electron chi connectivity index (χ0n) is 14.5. The number of H-pyrrole nitrogens is 1. The molecule has 1 saturated heterocycles. The molecule has 0 spiro atoms. The predicted octanol–water partition coefficient (Wildman–Crippen LogP) is 2.21. The van der Waals surface area contributed by atoms with Gasteiger partial charge < -0.3 is 19.5 Å². The van der Waals surface area contributed by atoms with Gasteiger partial charge in [-0.25, -0.2) is 9.59 Å². The van der Waals surface area contributed by atoms with E-state index in [0.29, 0.717) is 12.2 Å². The highest BCUT2D eigenvalue weighted by molar-refractivity contribution is 6.04. The van der Waals surface area contributed by atoms with Crippen LogP contribution in [-0.4, -0.2) is 40.9 Å². The number of ether oxygens (including phenoxy) is 1. The standard InChI is InChI=1S/C19H17N3O5/c1-26-18(24)16-7-6-12(27-16)10-22-17(23)15(21-19(22)25)8-11-9-20-14-5-3-2-4-13(11)14/h2-7,9,15,20H,8,10H2,1H3,(H,21,25). The molecule has 1 aromatic carbocycles. The van der Waals surface area contributed by atoms with Gasteiger partial charge in [0.05, 0.1) is 13.7 Å². The van der Waals surface area contributed by atoms with Crippen molar-refractivity contribution < 1.29 is 23.5 Å². The number of carbonyl (C=O) groups is 3. The Morgan fingerprint density at radius 2 is 2.04 bits per heavy atom. The topological polar surface area (TPSA) is 105 Å². The molecule has 0 saturated carbocycles. The van der Waals surface area contributed by atoms with Crippen molar-refractivity contribution in [3.63, 3.8) is 0 Å². The molecule has 1 atom stereocenters. The number of methoxy groups -OCH3 is 1. The molecule has 8 heteroatoms. The van der Waals surface area contributed by atoms with E-state index in [2.05, 4.69) is 15.0 Å². The molecule has 0 aliphatic carbocycles. The molecule has 1 aliphatic heterocycles. The van der Waals surface area contributed by atoms with Crippen LogP contribution in [0.25, 0.3) is 10.9 Å². The second kappa shape index (κ2) is 6.64. The van der Waals surface area contributed by atoms with Crippen molar-refractivity contribution in [3.05, 3.63) is 59.7 Å². The summed E-state index contributed by atoms with van der Waals surface area (Å²) < 4.78 is 9.92. The highest BCUT2D eigenvalue weighted by atomic mass is 16.5. The molecule has 138 valence electrons. The fourth-order valence-corrected chi connectivity index (χ4v) is 3.21. The maximum atomic E-state index is 12.7. The molecular formula is C19H17N3O5. The molecule has 1 unspecified atom stereocenters. The molecule has 2 N–H and O–H groups in total. The number of furan rings is 1. The van der Waals surface area contributed by atoms with Gasteiger partial charge in [0.25, 0.3) is 5.91 Å². The third-order valence-corrected chi connectivity index (χ3v) is 4.57. The molecule has 8 nitrogen and oxygen atoms in total. The predicted molar refractivity (Wildman–Crippen MR) is 94.9 cm³/mol. The number of benzene rings is 1. The fourth-order valence-electron chi connectivity index (χ4n) is 3.21. The Morgan fingerprint density at radius 3 is 2.85 bits per heavy atom. The molecule has 1 fully saturated rings. The monoisotopic (exact) mass is 367 g/mol. The number of aromatic nitrogens is 1. The zero-order valence-corrected chi connectivity index (χ0v) is 14.5. The smallest absolute Gasteiger partial charge is 0.373 e. The van der Waals surface area contributed by atoms with Crippen molar-refractivity contribution in [2.75, 3.05) is 7.11 Å². The molecule has 0 bridgehead atoms. The lowest BCUT2D eigenvalue weighted by molar-refractivity contribution is -0.128. The quantitative estimate of drug-likeness (QED) is 0.531. The maximum Gasteiger partial charge on any atom is 0.373 e. The van der Waals surface area contributed by atoms with Gasteiger partial charge in [0.1, 0.15) is 11.8 Å². The van der Waals surface area contributed by atoms with Gasteiger partial charge in [0, 0.05) is 23.5 Å². The van der Waals surface area contributed by atoms with Gasteiger partial charge in [-0.05, 0) is 23.8 Å². The lowest BCUT2D eigenvalue weighted by Gasteiger charge is -2.11. The Hall–Kier alpha value is -3.55. The minimum atomic E-state index is -0.647. The molecule has 27 heavy (non-hydrogen) atoms. The summed E-state index contributed by atoms with van der Waals surface area (Å²) in [4.78, 5) is 40.6. The average Bonchev–Trinajstić information content (AvgIpc) is 3.37. The van der Waals surface area contributed by atoms with E-state index in [1.807, 2.05) is 30.5 Å². The van der Waals surface area contributed by atoms with Gasteiger partial charge in [-0.2, -0.15) is 0 Å². The van der Waals surface area contributed by atoms with E-state index in [1.54, 1.807) is 6.07 Å². The van der Waals surface area contributed by atoms with Crippen LogP contribution < -0.4 is 5.32 Å². The van der Waals surface area contributed by atoms with Crippen molar-refractivity contribution in [2.45, 2.75) is 19.0 Å². The summed E-state index contributed by atoms with van der Waals surface area (Å²) in [6, 6.07) is 9.64. The van der Waals surface area contributed by atoms with E-state index >= 15 is 0 Å². The van der Waals surface area contributed by atoms with E-state index in [9.17, 15) is 14.4 Å². The number of imide groups is 1. The lowest BCUT2D eigenvalue weighted by Crippen LogP contribution is -2.32. The Bertz CT molecular complexity index is 1030. The normalized spacial score (nSPS) is 16.8. The van der Waals surface area contributed by atoms with E-state index in [4.69, 9.17) is 4.42 Å². The van der Waals surface area contributed by atoms with Crippen molar-refractivity contribution in [1.29, 1.82) is 0 Å². The number of esters is 1. The largest absolute Gasteiger partial charge is 0.463 e. The summed E-state index contributed by atoms with van der Waals surface area (Å²) in [5, 5.41) is 3.73. The number of aromatic amines is 1. The van der Waals surface area contributed by atoms with Crippen molar-refractivity contribution >= 4 is 28.8 Å². The molecule has 3 heterocycles. The van der Waals surface area contributed by atoms with Crippen LogP contribution in [0.3, 0.4) is 0 Å². The van der Waals surface area contributed by atoms with E-state index in [-0.39, 0.29) is 18.2 Å². The first kappa shape index (κ1) is 16.9. The lowest BCUT2D eigenvalue weighted by atomic mass is 10.1. The number of hydrogen-bond donors (Lipinski definition) is 2. The molecule has 3 aromatic rings. The first-order valence-corrected chi connectivity index (χ1v) is 8.40. The maximum absolute atomic E-state index is 12.7. The minimum Gasteiger partial charge on any atom is -0.463 e. The number of carbonyl (C=O) groups excluding carboxylic acids is 3. The van der Waals surface area contributed by atoms with Crippen LogP contribution in [0.4, 0.5) is 4.79 Å². The Kier molecular flexibility index (Phi) is 4.15. The highest BCUT2D eigenvalue weighted by Gasteiger charge is 2.38. The van der Waals surface area contributed by atoms with Crippen molar-refractivity contribution in [1.82, 2.24) is 15.2 Å². The van der Waals surface area contributed by atoms with Gasteiger partial charge >= 0.3 is 12.0 Å². The van der Waals surface area contributed by atoms with Crippen LogP contribution in [-0.2, 0) is 22.5 Å². The zero-order chi connectivity index (χ0) is 19.0. The first-order chi connectivity index (χ1) is 13.1. The fraction of sp³-hybridized carbons (Fsp3) is 0.211. The highest BCUT2D eigenvalue weighted by Crippen LogP contribution is 2.22. The van der Waals surface area contributed by atoms with Gasteiger partial charge in [-0.15, -0.1) is 0 Å². The van der Waals surface area contributed by atoms with Crippen molar-refractivity contribution in [3.8, 4) is 0 Å². The molecule has 2 aromatic heterocycles. The minimum absolute atomic E-state index is 0.0231. The second-order valence-corrected chi connectivity index (χ2v) is 6.25. The number of nitrogens with one attached hydrogen (secondary N) is 2. The summed E-state index contributed by atoms with van der Waals surface area (Å²) in [6.07, 6.45) is 2.23. The van der Waals surface area contributed by atoms with Crippen LogP contribution in [0.5, 0.6) is 0 Å². The number of amides is 3. The third kappa shape index (κ3) is 3.05. The first-order valence-electron chi connectivity index (χ1n) is 8.40. The summed E-state index contributed by atoms with van der Waals surface area (Å²) >= 11 is 0. The molecule has 0 radical (unpaired) electrons. The average molecular weight is 367 g/mol. The van der Waals surface area contributed by atoms with Crippen LogP contribution in [0.2, 0.25) is 0 Å². The summed E-state index contributed by atoms with van der Waals surface area (Å²) in [6.45, 7) is -0.0496. The van der Waals surface area contributed by atoms with Crippen LogP contribution >= 0.6 is 0 Å². The van der Waals surface area contributed by atoms with Gasteiger partial charge in [-0.3, -0.25) is 9.69 Å². The number of fused-ring (bicyclic) bond motifs is 1. The number of urea groups is 1. The van der Waals surface area contributed by atoms with Gasteiger partial charge in [-0.1, -0.05) is 18.2 Å². The summed E-state index contributed by atoms with van der Waals surface area (Å²) in [5.74, 6) is -0.599. The number of rotatable bonds is 5. The van der Waals surface area contributed by atoms with Crippen LogP contribution in [0.15, 0.2) is 47.0 Å². The van der Waals surface area contributed by atoms with Gasteiger partial charge in [0.15, 0.2) is 0 Å². The van der Waals surface area contributed by atoms with Gasteiger partial charge in [0.2, 0.25) is 5.76 Å². The molecule has 4 rings (SSSR count). The second-order valence-electron chi connectivity index (χ2n) is 6.25. The summed E-state index contributed by atoms with van der Waals surface area (Å²) in [7, 11) is 1.25. The molecule has 1 aliphatic rings. The molecular weight excluding hydrogens is 350 g/mol. The Morgan fingerprint density at radius 1 is 1.22 bits per heavy atom. The SMILES string of the molecule is COC(=O)c1ccc(CN2C(=O)NC(Cc3c[nH]c4ccccc34)C2=O)o1. The number of para-hydroxylation sites is 1. The van der Waals surface area contributed by atoms with Crippen LogP contribution in [0, 0.1) is 0 Å². The summed E-state index contributed by atoms with van der Waals surface area (Å²) in [5.41, 5.74) is 1.93. The Balaban J connectivity index is 1.48. The van der Waals surface area contributed by atoms with E-state index in [1.165, 1.54) is 13.2 Å². The third-order valence-electron chi connectivity index (χ3n) is 4.57. The number of hydrogen-bond acceptors (Lipinski definition) is 5. The van der Waals surface area contributed by atoms with Crippen LogP contribution in [0.1, 0.15) is 21.9 Å². The van der Waals surface area contributed by atoms with E-state index < -0.39 is 18.0 Å². The van der Waals surface area contributed by atoms with Crippen molar-refractivity contribution in [2.24, 2.45) is 0 Å².